The Bertz CT molecular complexity index is 2540. The number of aryl methyl sites for hydroxylation is 1. The lowest BCUT2D eigenvalue weighted by Crippen LogP contribution is -1.99. The Morgan fingerprint density at radius 2 is 1.29 bits per heavy atom. The molecule has 0 radical (unpaired) electrons. The number of fused-ring (bicyclic) bond motifs is 2. The number of phenols is 1. The fourth-order valence-electron chi connectivity index (χ4n) is 5.21. The van der Waals surface area contributed by atoms with Gasteiger partial charge in [0.2, 0.25) is 0 Å². The Labute approximate surface area is 280 Å². The van der Waals surface area contributed by atoms with E-state index in [-0.39, 0.29) is 27.1 Å². The van der Waals surface area contributed by atoms with E-state index in [2.05, 4.69) is 25.8 Å². The van der Waals surface area contributed by atoms with Crippen LogP contribution in [0, 0.1) is 6.92 Å². The van der Waals surface area contributed by atoms with Crippen LogP contribution in [0.5, 0.6) is 11.5 Å². The first-order valence-electron chi connectivity index (χ1n) is 14.4. The minimum absolute atomic E-state index is 0.157. The highest BCUT2D eigenvalue weighted by Crippen LogP contribution is 2.44. The number of aromatic hydroxyl groups is 1. The first-order chi connectivity index (χ1) is 23.3. The van der Waals surface area contributed by atoms with Crippen LogP contribution in [0.1, 0.15) is 5.56 Å². The lowest BCUT2D eigenvalue weighted by Gasteiger charge is -2.12. The van der Waals surface area contributed by atoms with E-state index in [0.717, 1.165) is 5.69 Å². The van der Waals surface area contributed by atoms with Crippen molar-refractivity contribution >= 4 is 75.9 Å². The van der Waals surface area contributed by atoms with Gasteiger partial charge < -0.3 is 15.2 Å². The monoisotopic (exact) mass is 697 g/mol. The number of rotatable bonds is 9. The maximum Gasteiger partial charge on any atom is 0.296 e. The van der Waals surface area contributed by atoms with E-state index in [1.165, 1.54) is 31.4 Å². The van der Waals surface area contributed by atoms with Gasteiger partial charge in [-0.15, -0.1) is 15.3 Å². The van der Waals surface area contributed by atoms with Gasteiger partial charge in [-0.05, 0) is 72.5 Å². The van der Waals surface area contributed by atoms with Crippen LogP contribution in [0.4, 0.5) is 34.1 Å². The van der Waals surface area contributed by atoms with E-state index in [9.17, 15) is 31.0 Å². The number of para-hydroxylation sites is 1. The summed E-state index contributed by atoms with van der Waals surface area (Å²) >= 11 is 0. The first-order valence-corrected chi connectivity index (χ1v) is 17.3. The van der Waals surface area contributed by atoms with Gasteiger partial charge in [0.1, 0.15) is 26.9 Å². The fourth-order valence-corrected chi connectivity index (χ4v) is 6.57. The molecule has 4 N–H and O–H groups in total. The first kappa shape index (κ1) is 33.2. The van der Waals surface area contributed by atoms with E-state index in [1.807, 2.05) is 30.3 Å². The Morgan fingerprint density at radius 1 is 0.612 bits per heavy atom. The molecule has 0 aliphatic heterocycles. The molecule has 6 aromatic rings. The van der Waals surface area contributed by atoms with Crippen LogP contribution in [0.2, 0.25) is 0 Å². The number of phenolic OH excluding ortho intramolecular Hbond substituents is 1. The quantitative estimate of drug-likeness (QED) is 0.0840. The molecule has 0 fully saturated rings. The summed E-state index contributed by atoms with van der Waals surface area (Å²) in [6, 6.07) is 27.7. The normalized spacial score (nSPS) is 12.3. The molecule has 0 heterocycles. The number of nitrogens with one attached hydrogen (secondary N) is 1. The second-order valence-corrected chi connectivity index (χ2v) is 13.6. The summed E-state index contributed by atoms with van der Waals surface area (Å²) in [5.41, 5.74) is 2.38. The van der Waals surface area contributed by atoms with Crippen molar-refractivity contribution in [2.75, 3.05) is 12.4 Å². The molecule has 0 atom stereocenters. The van der Waals surface area contributed by atoms with Crippen LogP contribution in [0.3, 0.4) is 0 Å². The summed E-state index contributed by atoms with van der Waals surface area (Å²) in [5, 5.41) is 32.5. The van der Waals surface area contributed by atoms with E-state index in [0.29, 0.717) is 33.4 Å². The number of ether oxygens (including phenoxy) is 1. The van der Waals surface area contributed by atoms with Crippen LogP contribution >= 0.6 is 0 Å². The van der Waals surface area contributed by atoms with Crippen LogP contribution in [-0.4, -0.2) is 38.2 Å². The Hall–Kier alpha value is -5.74. The molecular weight excluding hydrogens is 671 g/mol. The predicted octanol–water partition coefficient (Wildman–Crippen LogP) is 9.08. The molecule has 0 saturated heterocycles. The minimum atomic E-state index is -4.85. The van der Waals surface area contributed by atoms with E-state index < -0.39 is 36.6 Å². The third-order valence-corrected chi connectivity index (χ3v) is 9.33. The maximum absolute atomic E-state index is 12.4. The molecule has 0 aliphatic carbocycles. The number of methoxy groups -OCH3 is 1. The molecule has 248 valence electrons. The molecule has 0 bridgehead atoms. The molecule has 0 aliphatic rings. The van der Waals surface area contributed by atoms with Gasteiger partial charge in [-0.25, -0.2) is 0 Å². The van der Waals surface area contributed by atoms with Crippen molar-refractivity contribution in [1.82, 2.24) is 0 Å². The highest BCUT2D eigenvalue weighted by atomic mass is 32.2. The number of benzene rings is 6. The minimum Gasteiger partial charge on any atom is -0.505 e. The van der Waals surface area contributed by atoms with Crippen molar-refractivity contribution in [2.24, 2.45) is 20.5 Å². The van der Waals surface area contributed by atoms with Gasteiger partial charge in [-0.3, -0.25) is 9.11 Å². The van der Waals surface area contributed by atoms with E-state index in [4.69, 9.17) is 4.74 Å². The third-order valence-electron chi connectivity index (χ3n) is 7.55. The van der Waals surface area contributed by atoms with Gasteiger partial charge in [0.15, 0.2) is 5.75 Å². The highest BCUT2D eigenvalue weighted by Gasteiger charge is 2.23. The van der Waals surface area contributed by atoms with Crippen molar-refractivity contribution in [2.45, 2.75) is 16.7 Å². The average Bonchev–Trinajstić information content (AvgIpc) is 3.06. The second kappa shape index (κ2) is 13.0. The number of anilines is 2. The lowest BCUT2D eigenvalue weighted by molar-refractivity contribution is 0.416. The molecule has 6 rings (SSSR count). The highest BCUT2D eigenvalue weighted by molar-refractivity contribution is 7.86. The molecule has 13 nitrogen and oxygen atoms in total. The van der Waals surface area contributed by atoms with Crippen molar-refractivity contribution in [3.63, 3.8) is 0 Å². The molecule has 0 unspecified atom stereocenters. The number of hydrogen-bond donors (Lipinski definition) is 4. The molecule has 0 aromatic heterocycles. The summed E-state index contributed by atoms with van der Waals surface area (Å²) in [7, 11) is -7.95. The molecular formula is C34H27N5O8S2. The smallest absolute Gasteiger partial charge is 0.296 e. The van der Waals surface area contributed by atoms with Gasteiger partial charge in [-0.2, -0.15) is 21.9 Å². The number of azo groups is 2. The standard InChI is InChI=1S/C34H27N5O8S2/c1-20-16-29(30(47-2)19-28(20)37-36-27-12-6-11-26-25(27)10-7-13-31(26)48(41,42)43)38-39-33-32(49(44,45)46)18-21-17-23(14-15-24(21)34(33)40)35-22-8-4-3-5-9-22/h3-19,35,40H,1-2H3,(H,41,42,43)(H,44,45,46). The zero-order valence-corrected chi connectivity index (χ0v) is 27.4. The maximum atomic E-state index is 12.4. The molecule has 0 amide bonds. The van der Waals surface area contributed by atoms with Crippen LogP contribution in [0.15, 0.2) is 133 Å². The summed E-state index contributed by atoms with van der Waals surface area (Å²) in [4.78, 5) is -0.902. The van der Waals surface area contributed by atoms with Gasteiger partial charge >= 0.3 is 0 Å². The SMILES string of the molecule is COc1cc(N=Nc2cccc3c(S(=O)(=O)O)cccc23)c(C)cc1N=Nc1c(S(=O)(=O)O)cc2cc(Nc3ccccc3)ccc2c1O. The zero-order chi connectivity index (χ0) is 34.9. The number of nitrogens with zero attached hydrogens (tertiary/aromatic N) is 4. The average molecular weight is 698 g/mol. The Kier molecular flexibility index (Phi) is 8.83. The lowest BCUT2D eigenvalue weighted by atomic mass is 10.1. The topological polar surface area (TPSA) is 200 Å². The Morgan fingerprint density at radius 3 is 2.00 bits per heavy atom. The summed E-state index contributed by atoms with van der Waals surface area (Å²) in [6.45, 7) is 1.71. The predicted molar refractivity (Wildman–Crippen MR) is 185 cm³/mol. The molecule has 0 spiro atoms. The third kappa shape index (κ3) is 6.95. The zero-order valence-electron chi connectivity index (χ0n) is 25.8. The molecule has 6 aromatic carbocycles. The molecule has 49 heavy (non-hydrogen) atoms. The Balaban J connectivity index is 1.36. The van der Waals surface area contributed by atoms with Crippen molar-refractivity contribution in [1.29, 1.82) is 0 Å². The van der Waals surface area contributed by atoms with Crippen molar-refractivity contribution in [3.05, 3.63) is 109 Å². The van der Waals surface area contributed by atoms with E-state index in [1.54, 1.807) is 55.5 Å². The number of hydrogen-bond acceptors (Lipinski definition) is 11. The van der Waals surface area contributed by atoms with Gasteiger partial charge in [0.05, 0.1) is 18.5 Å². The van der Waals surface area contributed by atoms with Crippen molar-refractivity contribution < 1.29 is 35.8 Å². The van der Waals surface area contributed by atoms with E-state index >= 15 is 0 Å². The van der Waals surface area contributed by atoms with Gasteiger partial charge in [0, 0.05) is 33.6 Å². The summed E-state index contributed by atoms with van der Waals surface area (Å²) in [6.07, 6.45) is 0. The van der Waals surface area contributed by atoms with Crippen LogP contribution < -0.4 is 10.1 Å². The molecule has 0 saturated carbocycles. The van der Waals surface area contributed by atoms with Gasteiger partial charge in [0.25, 0.3) is 20.2 Å². The van der Waals surface area contributed by atoms with Crippen molar-refractivity contribution in [3.8, 4) is 11.5 Å². The summed E-state index contributed by atoms with van der Waals surface area (Å²) in [5.74, 6) is -0.325. The summed E-state index contributed by atoms with van der Waals surface area (Å²) < 4.78 is 73.7. The van der Waals surface area contributed by atoms with Gasteiger partial charge in [-0.1, -0.05) is 42.5 Å². The largest absolute Gasteiger partial charge is 0.505 e. The fraction of sp³-hybridized carbons (Fsp3) is 0.0588. The second-order valence-electron chi connectivity index (χ2n) is 10.8. The van der Waals surface area contributed by atoms with Crippen LogP contribution in [-0.2, 0) is 20.2 Å². The molecule has 15 heteroatoms. The van der Waals surface area contributed by atoms with Crippen LogP contribution in [0.25, 0.3) is 21.5 Å².